The number of nitrogens with zero attached hydrogens (tertiary/aromatic N) is 4. The van der Waals surface area contributed by atoms with Crippen molar-refractivity contribution in [1.29, 1.82) is 0 Å². The van der Waals surface area contributed by atoms with Gasteiger partial charge in [0.1, 0.15) is 18.1 Å². The summed E-state index contributed by atoms with van der Waals surface area (Å²) in [5.41, 5.74) is 3.76. The summed E-state index contributed by atoms with van der Waals surface area (Å²) in [6.45, 7) is 3.04. The first-order chi connectivity index (χ1) is 13.9. The van der Waals surface area contributed by atoms with Gasteiger partial charge >= 0.3 is 0 Å². The molecule has 150 valence electrons. The quantitative estimate of drug-likeness (QED) is 0.653. The van der Waals surface area contributed by atoms with E-state index in [2.05, 4.69) is 10.1 Å². The molecule has 8 heteroatoms. The third-order valence-electron chi connectivity index (χ3n) is 5.02. The summed E-state index contributed by atoms with van der Waals surface area (Å²) in [6, 6.07) is 7.76. The van der Waals surface area contributed by atoms with Crippen molar-refractivity contribution in [1.82, 2.24) is 19.7 Å². The molecule has 3 aromatic rings. The molecular formula is C21H20ClFN4O2. The summed E-state index contributed by atoms with van der Waals surface area (Å²) in [5, 5.41) is 4.89. The lowest BCUT2D eigenvalue weighted by atomic mass is 10.0. The highest BCUT2D eigenvalue weighted by Gasteiger charge is 2.28. The molecule has 1 aliphatic rings. The number of aryl methyl sites for hydroxylation is 2. The maximum Gasteiger partial charge on any atom is 0.257 e. The van der Waals surface area contributed by atoms with E-state index in [4.69, 9.17) is 16.3 Å². The summed E-state index contributed by atoms with van der Waals surface area (Å²) in [6.07, 6.45) is 2.33. The molecule has 1 amide bonds. The van der Waals surface area contributed by atoms with Crippen molar-refractivity contribution < 1.29 is 13.9 Å². The average molecular weight is 415 g/mol. The Kier molecular flexibility index (Phi) is 5.24. The van der Waals surface area contributed by atoms with Crippen LogP contribution < -0.4 is 4.74 Å². The monoisotopic (exact) mass is 414 g/mol. The second-order valence-electron chi connectivity index (χ2n) is 7.06. The van der Waals surface area contributed by atoms with Crippen LogP contribution in [0.5, 0.6) is 5.88 Å². The Morgan fingerprint density at radius 2 is 2.14 bits per heavy atom. The van der Waals surface area contributed by atoms with E-state index in [9.17, 15) is 9.18 Å². The van der Waals surface area contributed by atoms with Crippen LogP contribution in [0.15, 0.2) is 36.5 Å². The third kappa shape index (κ3) is 3.96. The number of carbonyl (C=O) groups is 1. The predicted octanol–water partition coefficient (Wildman–Crippen LogP) is 3.69. The Bertz CT molecular complexity index is 1080. The maximum absolute atomic E-state index is 14.1. The Hall–Kier alpha value is -2.93. The number of rotatable bonds is 4. The number of halogens is 2. The number of amides is 1. The number of ether oxygens (including phenoxy) is 1. The molecular weight excluding hydrogens is 395 g/mol. The predicted molar refractivity (Wildman–Crippen MR) is 106 cm³/mol. The van der Waals surface area contributed by atoms with Crippen molar-refractivity contribution in [3.05, 3.63) is 75.4 Å². The number of aromatic nitrogens is 3. The van der Waals surface area contributed by atoms with Crippen LogP contribution in [0.1, 0.15) is 32.9 Å². The molecule has 0 unspecified atom stereocenters. The Balaban J connectivity index is 1.55. The molecule has 0 radical (unpaired) electrons. The molecule has 4 rings (SSSR count). The standard InChI is InChI=1S/C21H20ClFN4O2/c1-13-5-7-24-20(9-13)29-12-18-16-11-27(8-6-19(16)26(2)25-18)21(28)15-10-14(22)3-4-17(15)23/h3-5,7,9-10H,6,8,11-12H2,1-2H3. The molecule has 0 fully saturated rings. The number of carbonyl (C=O) groups excluding carboxylic acids is 1. The van der Waals surface area contributed by atoms with E-state index in [-0.39, 0.29) is 18.1 Å². The van der Waals surface area contributed by atoms with E-state index in [0.717, 1.165) is 22.5 Å². The molecule has 0 aliphatic carbocycles. The Morgan fingerprint density at radius 3 is 2.93 bits per heavy atom. The van der Waals surface area contributed by atoms with Crippen molar-refractivity contribution >= 4 is 17.5 Å². The van der Waals surface area contributed by atoms with Crippen molar-refractivity contribution in [2.75, 3.05) is 6.54 Å². The van der Waals surface area contributed by atoms with Crippen molar-refractivity contribution in [2.45, 2.75) is 26.5 Å². The van der Waals surface area contributed by atoms with Crippen LogP contribution in [-0.2, 0) is 26.6 Å². The van der Waals surface area contributed by atoms with E-state index in [1.165, 1.54) is 18.2 Å². The van der Waals surface area contributed by atoms with Gasteiger partial charge in [0.05, 0.1) is 5.56 Å². The lowest BCUT2D eigenvalue weighted by Gasteiger charge is -2.28. The minimum absolute atomic E-state index is 0.0217. The van der Waals surface area contributed by atoms with Gasteiger partial charge in [-0.15, -0.1) is 0 Å². The van der Waals surface area contributed by atoms with Gasteiger partial charge in [-0.25, -0.2) is 9.37 Å². The number of fused-ring (bicyclic) bond motifs is 1. The molecule has 3 heterocycles. The van der Waals surface area contributed by atoms with E-state index < -0.39 is 5.82 Å². The average Bonchev–Trinajstić information content (AvgIpc) is 3.03. The summed E-state index contributed by atoms with van der Waals surface area (Å²) >= 11 is 5.95. The number of pyridine rings is 1. The van der Waals surface area contributed by atoms with Crippen LogP contribution in [-0.4, -0.2) is 32.1 Å². The number of hydrogen-bond donors (Lipinski definition) is 0. The Morgan fingerprint density at radius 1 is 1.31 bits per heavy atom. The molecule has 6 nitrogen and oxygen atoms in total. The van der Waals surface area contributed by atoms with Gasteiger partial charge in [0.25, 0.3) is 5.91 Å². The van der Waals surface area contributed by atoms with Crippen molar-refractivity contribution in [2.24, 2.45) is 7.05 Å². The SMILES string of the molecule is Cc1ccnc(OCc2nn(C)c3c2CN(C(=O)c2cc(Cl)ccc2F)CC3)c1. The lowest BCUT2D eigenvalue weighted by Crippen LogP contribution is -2.37. The number of hydrogen-bond acceptors (Lipinski definition) is 4. The molecule has 0 N–H and O–H groups in total. The van der Waals surface area contributed by atoms with Gasteiger partial charge in [-0.3, -0.25) is 9.48 Å². The van der Waals surface area contributed by atoms with Crippen LogP contribution in [0, 0.1) is 12.7 Å². The van der Waals surface area contributed by atoms with Crippen LogP contribution in [0.2, 0.25) is 5.02 Å². The van der Waals surface area contributed by atoms with Crippen molar-refractivity contribution in [3.63, 3.8) is 0 Å². The van der Waals surface area contributed by atoms with Gasteiger partial charge in [0, 0.05) is 55.1 Å². The van der Waals surface area contributed by atoms with E-state index in [1.54, 1.807) is 11.1 Å². The molecule has 0 saturated heterocycles. The molecule has 2 aromatic heterocycles. The van der Waals surface area contributed by atoms with E-state index >= 15 is 0 Å². The smallest absolute Gasteiger partial charge is 0.257 e. The van der Waals surface area contributed by atoms with Gasteiger partial charge < -0.3 is 9.64 Å². The van der Waals surface area contributed by atoms with Crippen LogP contribution in [0.25, 0.3) is 0 Å². The molecule has 0 saturated carbocycles. The van der Waals surface area contributed by atoms with Gasteiger partial charge in [-0.2, -0.15) is 5.10 Å². The highest BCUT2D eigenvalue weighted by atomic mass is 35.5. The van der Waals surface area contributed by atoms with Crippen LogP contribution >= 0.6 is 11.6 Å². The van der Waals surface area contributed by atoms with E-state index in [1.807, 2.05) is 30.8 Å². The topological polar surface area (TPSA) is 60.3 Å². The Labute approximate surface area is 172 Å². The number of benzene rings is 1. The fourth-order valence-corrected chi connectivity index (χ4v) is 3.69. The minimum Gasteiger partial charge on any atom is -0.471 e. The van der Waals surface area contributed by atoms with Gasteiger partial charge in [0.15, 0.2) is 0 Å². The third-order valence-corrected chi connectivity index (χ3v) is 5.25. The first-order valence-corrected chi connectivity index (χ1v) is 9.63. The lowest BCUT2D eigenvalue weighted by molar-refractivity contribution is 0.0727. The minimum atomic E-state index is -0.578. The molecule has 1 aromatic carbocycles. The molecule has 29 heavy (non-hydrogen) atoms. The first kappa shape index (κ1) is 19.4. The fraction of sp³-hybridized carbons (Fsp3) is 0.286. The zero-order chi connectivity index (χ0) is 20.5. The first-order valence-electron chi connectivity index (χ1n) is 9.26. The summed E-state index contributed by atoms with van der Waals surface area (Å²) in [4.78, 5) is 18.7. The van der Waals surface area contributed by atoms with Gasteiger partial charge in [-0.05, 0) is 36.8 Å². The summed E-state index contributed by atoms with van der Waals surface area (Å²) in [5.74, 6) is -0.439. The highest BCUT2D eigenvalue weighted by molar-refractivity contribution is 6.31. The zero-order valence-corrected chi connectivity index (χ0v) is 16.9. The normalized spacial score (nSPS) is 13.3. The summed E-state index contributed by atoms with van der Waals surface area (Å²) < 4.78 is 21.8. The second-order valence-corrected chi connectivity index (χ2v) is 7.49. The second kappa shape index (κ2) is 7.83. The van der Waals surface area contributed by atoms with E-state index in [0.29, 0.717) is 30.4 Å². The molecule has 1 aliphatic heterocycles. The fourth-order valence-electron chi connectivity index (χ4n) is 3.52. The maximum atomic E-state index is 14.1. The van der Waals surface area contributed by atoms with Gasteiger partial charge in [-0.1, -0.05) is 11.6 Å². The molecule has 0 atom stereocenters. The molecule has 0 bridgehead atoms. The highest BCUT2D eigenvalue weighted by Crippen LogP contribution is 2.26. The zero-order valence-electron chi connectivity index (χ0n) is 16.2. The summed E-state index contributed by atoms with van der Waals surface area (Å²) in [7, 11) is 1.88. The molecule has 0 spiro atoms. The van der Waals surface area contributed by atoms with Crippen LogP contribution in [0.4, 0.5) is 4.39 Å². The largest absolute Gasteiger partial charge is 0.471 e. The van der Waals surface area contributed by atoms with Crippen LogP contribution in [0.3, 0.4) is 0 Å². The van der Waals surface area contributed by atoms with Gasteiger partial charge in [0.2, 0.25) is 5.88 Å². The van der Waals surface area contributed by atoms with Crippen molar-refractivity contribution in [3.8, 4) is 5.88 Å².